The van der Waals surface area contributed by atoms with Crippen LogP contribution in [-0.2, 0) is 0 Å². The molecule has 3 nitrogen and oxygen atoms in total. The minimum Gasteiger partial charge on any atom is -0.455 e. The van der Waals surface area contributed by atoms with Gasteiger partial charge in [0.2, 0.25) is 0 Å². The van der Waals surface area contributed by atoms with Crippen molar-refractivity contribution in [3.8, 4) is 23.8 Å². The van der Waals surface area contributed by atoms with Crippen molar-refractivity contribution in [1.82, 2.24) is 0 Å². The van der Waals surface area contributed by atoms with Gasteiger partial charge >= 0.3 is 0 Å². The molecule has 3 heteroatoms. The Kier molecular flexibility index (Phi) is 2.89. The molecule has 0 radical (unpaired) electrons. The highest BCUT2D eigenvalue weighted by molar-refractivity contribution is 5.71. The summed E-state index contributed by atoms with van der Waals surface area (Å²) in [5, 5.41) is 0. The van der Waals surface area contributed by atoms with E-state index in [-0.39, 0.29) is 0 Å². The minimum absolute atomic E-state index is 0.429. The van der Waals surface area contributed by atoms with Crippen LogP contribution in [0.25, 0.3) is 0 Å². The Balaban J connectivity index is 2.32. The summed E-state index contributed by atoms with van der Waals surface area (Å²) in [5.74, 6) is 3.71. The summed E-state index contributed by atoms with van der Waals surface area (Å²) < 4.78 is 5.63. The Labute approximate surface area is 100 Å². The third kappa shape index (κ3) is 2.32. The molecule has 0 aliphatic heterocycles. The number of rotatable bonds is 2. The second-order valence-electron chi connectivity index (χ2n) is 3.53. The summed E-state index contributed by atoms with van der Waals surface area (Å²) in [6.07, 6.45) is 5.32. The average molecular weight is 224 g/mol. The second-order valence-corrected chi connectivity index (χ2v) is 3.53. The number of nitrogen functional groups attached to an aromatic ring is 2. The predicted molar refractivity (Wildman–Crippen MR) is 69.7 cm³/mol. The number of para-hydroxylation sites is 1. The lowest BCUT2D eigenvalue weighted by atomic mass is 10.2. The molecule has 0 spiro atoms. The second kappa shape index (κ2) is 4.50. The van der Waals surface area contributed by atoms with Crippen molar-refractivity contribution in [2.45, 2.75) is 0 Å². The Bertz CT molecular complexity index is 585. The van der Waals surface area contributed by atoms with E-state index in [1.54, 1.807) is 24.3 Å². The zero-order valence-corrected chi connectivity index (χ0v) is 9.18. The molecule has 0 aromatic heterocycles. The van der Waals surface area contributed by atoms with Gasteiger partial charge in [-0.15, -0.1) is 6.42 Å². The van der Waals surface area contributed by atoms with Gasteiger partial charge in [0.25, 0.3) is 0 Å². The SMILES string of the molecule is C#Cc1cccc(Oc2cccc(N)c2N)c1. The molecule has 0 heterocycles. The third-order valence-corrected chi connectivity index (χ3v) is 2.33. The molecular formula is C14H12N2O. The number of benzene rings is 2. The van der Waals surface area contributed by atoms with E-state index >= 15 is 0 Å². The topological polar surface area (TPSA) is 61.3 Å². The Hall–Kier alpha value is -2.60. The molecular weight excluding hydrogens is 212 g/mol. The molecule has 0 saturated heterocycles. The fourth-order valence-electron chi connectivity index (χ4n) is 1.43. The van der Waals surface area contributed by atoms with E-state index in [4.69, 9.17) is 22.6 Å². The van der Waals surface area contributed by atoms with Crippen molar-refractivity contribution < 1.29 is 4.74 Å². The molecule has 84 valence electrons. The van der Waals surface area contributed by atoms with E-state index in [1.165, 1.54) is 0 Å². The van der Waals surface area contributed by atoms with Gasteiger partial charge in [0.1, 0.15) is 5.75 Å². The number of ether oxygens (including phenoxy) is 1. The van der Waals surface area contributed by atoms with Crippen LogP contribution in [0.15, 0.2) is 42.5 Å². The summed E-state index contributed by atoms with van der Waals surface area (Å²) in [7, 11) is 0. The van der Waals surface area contributed by atoms with E-state index in [0.29, 0.717) is 22.9 Å². The predicted octanol–water partition coefficient (Wildman–Crippen LogP) is 2.62. The number of hydrogen-bond acceptors (Lipinski definition) is 3. The lowest BCUT2D eigenvalue weighted by molar-refractivity contribution is 0.485. The van der Waals surface area contributed by atoms with Gasteiger partial charge in [-0.3, -0.25) is 0 Å². The Morgan fingerprint density at radius 1 is 1.06 bits per heavy atom. The average Bonchev–Trinajstić information content (AvgIpc) is 2.35. The highest BCUT2D eigenvalue weighted by Crippen LogP contribution is 2.31. The third-order valence-electron chi connectivity index (χ3n) is 2.33. The van der Waals surface area contributed by atoms with Crippen LogP contribution < -0.4 is 16.2 Å². The molecule has 0 saturated carbocycles. The van der Waals surface area contributed by atoms with Crippen LogP contribution in [0.1, 0.15) is 5.56 Å². The van der Waals surface area contributed by atoms with Crippen LogP contribution >= 0.6 is 0 Å². The molecule has 0 aliphatic carbocycles. The fourth-order valence-corrected chi connectivity index (χ4v) is 1.43. The molecule has 0 bridgehead atoms. The zero-order valence-electron chi connectivity index (χ0n) is 9.18. The summed E-state index contributed by atoms with van der Waals surface area (Å²) in [5.41, 5.74) is 13.2. The maximum atomic E-state index is 5.81. The normalized spacial score (nSPS) is 9.59. The first kappa shape index (κ1) is 10.9. The smallest absolute Gasteiger partial charge is 0.152 e. The van der Waals surface area contributed by atoms with E-state index < -0.39 is 0 Å². The first-order valence-electron chi connectivity index (χ1n) is 5.09. The van der Waals surface area contributed by atoms with Crippen LogP contribution in [-0.4, -0.2) is 0 Å². The monoisotopic (exact) mass is 224 g/mol. The van der Waals surface area contributed by atoms with Gasteiger partial charge in [0.15, 0.2) is 5.75 Å². The number of terminal acetylenes is 1. The molecule has 2 rings (SSSR count). The van der Waals surface area contributed by atoms with Crippen molar-refractivity contribution in [3.05, 3.63) is 48.0 Å². The molecule has 4 N–H and O–H groups in total. The maximum Gasteiger partial charge on any atom is 0.152 e. The lowest BCUT2D eigenvalue weighted by Crippen LogP contribution is -1.97. The van der Waals surface area contributed by atoms with Gasteiger partial charge in [-0.1, -0.05) is 18.1 Å². The Morgan fingerprint density at radius 3 is 2.59 bits per heavy atom. The van der Waals surface area contributed by atoms with Gasteiger partial charge in [-0.05, 0) is 30.3 Å². The van der Waals surface area contributed by atoms with Crippen LogP contribution in [0.4, 0.5) is 11.4 Å². The summed E-state index contributed by atoms with van der Waals surface area (Å²) in [6, 6.07) is 12.5. The lowest BCUT2D eigenvalue weighted by Gasteiger charge is -2.10. The summed E-state index contributed by atoms with van der Waals surface area (Å²) in [4.78, 5) is 0. The van der Waals surface area contributed by atoms with Crippen LogP contribution in [0, 0.1) is 12.3 Å². The largest absolute Gasteiger partial charge is 0.455 e. The first-order chi connectivity index (χ1) is 8.20. The highest BCUT2D eigenvalue weighted by Gasteiger charge is 2.04. The van der Waals surface area contributed by atoms with Crippen LogP contribution in [0.5, 0.6) is 11.5 Å². The van der Waals surface area contributed by atoms with Gasteiger partial charge in [-0.2, -0.15) is 0 Å². The van der Waals surface area contributed by atoms with E-state index in [0.717, 1.165) is 5.56 Å². The molecule has 2 aromatic carbocycles. The van der Waals surface area contributed by atoms with Crippen molar-refractivity contribution in [1.29, 1.82) is 0 Å². The van der Waals surface area contributed by atoms with Crippen molar-refractivity contribution in [3.63, 3.8) is 0 Å². The number of anilines is 2. The van der Waals surface area contributed by atoms with Crippen molar-refractivity contribution in [2.75, 3.05) is 11.5 Å². The molecule has 0 fully saturated rings. The molecule has 0 aliphatic rings. The van der Waals surface area contributed by atoms with Gasteiger partial charge < -0.3 is 16.2 Å². The highest BCUT2D eigenvalue weighted by atomic mass is 16.5. The van der Waals surface area contributed by atoms with Crippen LogP contribution in [0.2, 0.25) is 0 Å². The number of hydrogen-bond donors (Lipinski definition) is 2. The molecule has 0 unspecified atom stereocenters. The van der Waals surface area contributed by atoms with Crippen LogP contribution in [0.3, 0.4) is 0 Å². The molecule has 17 heavy (non-hydrogen) atoms. The first-order valence-corrected chi connectivity index (χ1v) is 5.09. The van der Waals surface area contributed by atoms with Gasteiger partial charge in [0, 0.05) is 5.56 Å². The number of nitrogens with two attached hydrogens (primary N) is 2. The fraction of sp³-hybridized carbons (Fsp3) is 0. The Morgan fingerprint density at radius 2 is 1.82 bits per heavy atom. The quantitative estimate of drug-likeness (QED) is 0.609. The van der Waals surface area contributed by atoms with Crippen molar-refractivity contribution in [2.24, 2.45) is 0 Å². The van der Waals surface area contributed by atoms with E-state index in [9.17, 15) is 0 Å². The van der Waals surface area contributed by atoms with E-state index in [1.807, 2.05) is 18.2 Å². The molecule has 0 amide bonds. The molecule has 2 aromatic rings. The maximum absolute atomic E-state index is 5.81. The van der Waals surface area contributed by atoms with E-state index in [2.05, 4.69) is 5.92 Å². The van der Waals surface area contributed by atoms with Gasteiger partial charge in [-0.25, -0.2) is 0 Å². The minimum atomic E-state index is 0.429. The zero-order chi connectivity index (χ0) is 12.3. The standard InChI is InChI=1S/C14H12N2O/c1-2-10-5-3-6-11(9-10)17-13-8-4-7-12(15)14(13)16/h1,3-9H,15-16H2. The van der Waals surface area contributed by atoms with Crippen molar-refractivity contribution >= 4 is 11.4 Å². The summed E-state index contributed by atoms with van der Waals surface area (Å²) >= 11 is 0. The molecule has 0 atom stereocenters. The summed E-state index contributed by atoms with van der Waals surface area (Å²) in [6.45, 7) is 0. The van der Waals surface area contributed by atoms with Gasteiger partial charge in [0.05, 0.1) is 11.4 Å².